The zero-order valence-corrected chi connectivity index (χ0v) is 6.65. The molecule has 0 spiro atoms. The molecule has 0 atom stereocenters. The lowest BCUT2D eigenvalue weighted by Gasteiger charge is -1.96. The minimum absolute atomic E-state index is 0.644. The standard InChI is InChI=1S/C9H8N2O/c1-7-4-8(6-11-12)2-3-9(7)5-10/h2-4,6,12H,1H3. The molecule has 3 heteroatoms. The van der Waals surface area contributed by atoms with Crippen molar-refractivity contribution in [2.45, 2.75) is 6.92 Å². The van der Waals surface area contributed by atoms with Crippen LogP contribution in [0.5, 0.6) is 0 Å². The van der Waals surface area contributed by atoms with Crippen molar-refractivity contribution in [2.24, 2.45) is 5.16 Å². The predicted molar refractivity (Wildman–Crippen MR) is 45.3 cm³/mol. The number of rotatable bonds is 1. The van der Waals surface area contributed by atoms with Crippen LogP contribution in [-0.2, 0) is 0 Å². The lowest BCUT2D eigenvalue weighted by molar-refractivity contribution is 0.322. The topological polar surface area (TPSA) is 56.4 Å². The highest BCUT2D eigenvalue weighted by molar-refractivity contribution is 5.79. The third kappa shape index (κ3) is 1.61. The fourth-order valence-electron chi connectivity index (χ4n) is 0.959. The first-order valence-electron chi connectivity index (χ1n) is 3.46. The van der Waals surface area contributed by atoms with Gasteiger partial charge in [-0.25, -0.2) is 0 Å². The summed E-state index contributed by atoms with van der Waals surface area (Å²) >= 11 is 0. The molecule has 0 saturated heterocycles. The van der Waals surface area contributed by atoms with Crippen LogP contribution < -0.4 is 0 Å². The Hall–Kier alpha value is -1.82. The molecule has 0 aliphatic heterocycles. The van der Waals surface area contributed by atoms with E-state index in [0.717, 1.165) is 11.1 Å². The van der Waals surface area contributed by atoms with Gasteiger partial charge < -0.3 is 5.21 Å². The Labute approximate surface area is 70.6 Å². The van der Waals surface area contributed by atoms with Crippen molar-refractivity contribution in [1.29, 1.82) is 5.26 Å². The molecular formula is C9H8N2O. The molecule has 60 valence electrons. The smallest absolute Gasteiger partial charge is 0.0994 e. The minimum Gasteiger partial charge on any atom is -0.411 e. The van der Waals surface area contributed by atoms with Gasteiger partial charge in [0.2, 0.25) is 0 Å². The molecule has 1 rings (SSSR count). The molecule has 1 aromatic carbocycles. The molecule has 1 N–H and O–H groups in total. The predicted octanol–water partition coefficient (Wildman–Crippen LogP) is 1.67. The normalized spacial score (nSPS) is 10.0. The third-order valence-electron chi connectivity index (χ3n) is 1.58. The van der Waals surface area contributed by atoms with E-state index in [2.05, 4.69) is 11.2 Å². The van der Waals surface area contributed by atoms with Crippen molar-refractivity contribution in [1.82, 2.24) is 0 Å². The van der Waals surface area contributed by atoms with Gasteiger partial charge in [0.15, 0.2) is 0 Å². The van der Waals surface area contributed by atoms with Crippen LogP contribution in [0.15, 0.2) is 23.4 Å². The van der Waals surface area contributed by atoms with Gasteiger partial charge in [0.05, 0.1) is 17.8 Å². The summed E-state index contributed by atoms with van der Waals surface area (Å²) in [6, 6.07) is 7.28. The van der Waals surface area contributed by atoms with Gasteiger partial charge in [-0.15, -0.1) is 0 Å². The highest BCUT2D eigenvalue weighted by Gasteiger charge is 1.96. The van der Waals surface area contributed by atoms with Crippen LogP contribution in [0.25, 0.3) is 0 Å². The largest absolute Gasteiger partial charge is 0.411 e. The second-order valence-corrected chi connectivity index (χ2v) is 2.43. The molecule has 0 bridgehead atoms. The maximum Gasteiger partial charge on any atom is 0.0994 e. The average molecular weight is 160 g/mol. The van der Waals surface area contributed by atoms with Crippen molar-refractivity contribution >= 4 is 6.21 Å². The summed E-state index contributed by atoms with van der Waals surface area (Å²) in [7, 11) is 0. The van der Waals surface area contributed by atoms with Gasteiger partial charge >= 0.3 is 0 Å². The average Bonchev–Trinajstić information content (AvgIpc) is 2.05. The monoisotopic (exact) mass is 160 g/mol. The summed E-state index contributed by atoms with van der Waals surface area (Å²) in [6.45, 7) is 1.84. The van der Waals surface area contributed by atoms with Crippen LogP contribution in [0.4, 0.5) is 0 Å². The second-order valence-electron chi connectivity index (χ2n) is 2.43. The van der Waals surface area contributed by atoms with Gasteiger partial charge in [0, 0.05) is 0 Å². The highest BCUT2D eigenvalue weighted by Crippen LogP contribution is 2.08. The zero-order valence-electron chi connectivity index (χ0n) is 6.65. The molecule has 0 aliphatic rings. The van der Waals surface area contributed by atoms with E-state index in [1.165, 1.54) is 6.21 Å². The molecule has 0 aliphatic carbocycles. The van der Waals surface area contributed by atoms with E-state index in [-0.39, 0.29) is 0 Å². The molecule has 0 amide bonds. The molecule has 12 heavy (non-hydrogen) atoms. The molecule has 0 fully saturated rings. The van der Waals surface area contributed by atoms with Gasteiger partial charge in [-0.1, -0.05) is 11.2 Å². The number of hydrogen-bond donors (Lipinski definition) is 1. The minimum atomic E-state index is 0.644. The summed E-state index contributed by atoms with van der Waals surface area (Å²) < 4.78 is 0. The van der Waals surface area contributed by atoms with Crippen LogP contribution in [-0.4, -0.2) is 11.4 Å². The fourth-order valence-corrected chi connectivity index (χ4v) is 0.959. The molecular weight excluding hydrogens is 152 g/mol. The Morgan fingerprint density at radius 3 is 2.83 bits per heavy atom. The molecule has 1 aromatic rings. The molecule has 0 unspecified atom stereocenters. The number of aryl methyl sites for hydroxylation is 1. The van der Waals surface area contributed by atoms with Gasteiger partial charge in [0.25, 0.3) is 0 Å². The van der Waals surface area contributed by atoms with E-state index in [1.807, 2.05) is 6.92 Å². The Morgan fingerprint density at radius 1 is 1.58 bits per heavy atom. The lowest BCUT2D eigenvalue weighted by atomic mass is 10.1. The first-order chi connectivity index (χ1) is 5.77. The highest BCUT2D eigenvalue weighted by atomic mass is 16.4. The van der Waals surface area contributed by atoms with E-state index in [1.54, 1.807) is 18.2 Å². The molecule has 0 saturated carbocycles. The number of nitriles is 1. The number of nitrogens with zero attached hydrogens (tertiary/aromatic N) is 2. The number of oxime groups is 1. The van der Waals surface area contributed by atoms with Crippen molar-refractivity contribution in [3.63, 3.8) is 0 Å². The lowest BCUT2D eigenvalue weighted by Crippen LogP contribution is -1.86. The molecule has 3 nitrogen and oxygen atoms in total. The van der Waals surface area contributed by atoms with Crippen LogP contribution in [0.3, 0.4) is 0 Å². The summed E-state index contributed by atoms with van der Waals surface area (Å²) in [5, 5.41) is 19.7. The summed E-state index contributed by atoms with van der Waals surface area (Å²) in [6.07, 6.45) is 1.33. The quantitative estimate of drug-likeness (QED) is 0.386. The van der Waals surface area contributed by atoms with Crippen LogP contribution >= 0.6 is 0 Å². The van der Waals surface area contributed by atoms with Gasteiger partial charge in [0.1, 0.15) is 0 Å². The summed E-state index contributed by atoms with van der Waals surface area (Å²) in [5.41, 5.74) is 2.31. The molecule has 0 aromatic heterocycles. The van der Waals surface area contributed by atoms with Crippen molar-refractivity contribution in [3.8, 4) is 6.07 Å². The van der Waals surface area contributed by atoms with Gasteiger partial charge in [-0.3, -0.25) is 0 Å². The van der Waals surface area contributed by atoms with E-state index in [4.69, 9.17) is 10.5 Å². The molecule has 0 radical (unpaired) electrons. The maximum atomic E-state index is 8.61. The summed E-state index contributed by atoms with van der Waals surface area (Å²) in [5.74, 6) is 0. The number of benzene rings is 1. The van der Waals surface area contributed by atoms with Crippen molar-refractivity contribution in [2.75, 3.05) is 0 Å². The maximum absolute atomic E-state index is 8.61. The molecule has 0 heterocycles. The zero-order chi connectivity index (χ0) is 8.97. The van der Waals surface area contributed by atoms with Crippen LogP contribution in [0.1, 0.15) is 16.7 Å². The second kappa shape index (κ2) is 3.54. The van der Waals surface area contributed by atoms with Crippen molar-refractivity contribution < 1.29 is 5.21 Å². The first kappa shape index (κ1) is 8.28. The Balaban J connectivity index is 3.12. The van der Waals surface area contributed by atoms with Crippen molar-refractivity contribution in [3.05, 3.63) is 34.9 Å². The van der Waals surface area contributed by atoms with E-state index in [0.29, 0.717) is 5.56 Å². The third-order valence-corrected chi connectivity index (χ3v) is 1.58. The fraction of sp³-hybridized carbons (Fsp3) is 0.111. The van der Waals surface area contributed by atoms with Gasteiger partial charge in [-0.05, 0) is 30.2 Å². The number of hydrogen-bond acceptors (Lipinski definition) is 3. The van der Waals surface area contributed by atoms with E-state index < -0.39 is 0 Å². The summed E-state index contributed by atoms with van der Waals surface area (Å²) in [4.78, 5) is 0. The van der Waals surface area contributed by atoms with Crippen LogP contribution in [0.2, 0.25) is 0 Å². The van der Waals surface area contributed by atoms with E-state index >= 15 is 0 Å². The Morgan fingerprint density at radius 2 is 2.33 bits per heavy atom. The SMILES string of the molecule is Cc1cc(C=NO)ccc1C#N. The Kier molecular flexibility index (Phi) is 2.44. The first-order valence-corrected chi connectivity index (χ1v) is 3.46. The van der Waals surface area contributed by atoms with Gasteiger partial charge in [-0.2, -0.15) is 5.26 Å². The van der Waals surface area contributed by atoms with Crippen LogP contribution in [0, 0.1) is 18.3 Å². The van der Waals surface area contributed by atoms with E-state index in [9.17, 15) is 0 Å². The Bertz CT molecular complexity index is 350.